The van der Waals surface area contributed by atoms with Crippen molar-refractivity contribution in [2.75, 3.05) is 18.0 Å². The molecule has 1 fully saturated rings. The van der Waals surface area contributed by atoms with E-state index in [9.17, 15) is 8.78 Å². The van der Waals surface area contributed by atoms with Crippen LogP contribution < -0.4 is 10.2 Å². The number of hydrogen-bond donors (Lipinski definition) is 2. The van der Waals surface area contributed by atoms with Crippen LogP contribution in [0.1, 0.15) is 45.7 Å². The van der Waals surface area contributed by atoms with Gasteiger partial charge in [-0.15, -0.1) is 0 Å². The van der Waals surface area contributed by atoms with E-state index in [1.807, 2.05) is 32.9 Å². The van der Waals surface area contributed by atoms with Gasteiger partial charge < -0.3 is 10.2 Å². The number of benzene rings is 2. The lowest BCUT2D eigenvalue weighted by Gasteiger charge is -2.29. The van der Waals surface area contributed by atoms with Gasteiger partial charge in [-0.2, -0.15) is 5.10 Å². The monoisotopic (exact) mass is 410 g/mol. The molecular formula is C24H28F2N4. The minimum absolute atomic E-state index is 0.169. The molecule has 1 aliphatic heterocycles. The fraction of sp³-hybridized carbons (Fsp3) is 0.375. The molecule has 0 aliphatic carbocycles. The smallest absolute Gasteiger partial charge is 0.166 e. The molecule has 2 N–H and O–H groups in total. The normalized spacial score (nSPS) is 14.9. The first-order chi connectivity index (χ1) is 14.2. The number of fused-ring (bicyclic) bond motifs is 1. The molecule has 4 nitrogen and oxygen atoms in total. The first kappa shape index (κ1) is 20.4. The molecule has 1 saturated heterocycles. The van der Waals surface area contributed by atoms with Gasteiger partial charge in [0.25, 0.3) is 0 Å². The summed E-state index contributed by atoms with van der Waals surface area (Å²) in [6.07, 6.45) is 3.32. The summed E-state index contributed by atoms with van der Waals surface area (Å²) in [6, 6.07) is 8.55. The molecule has 2 heterocycles. The number of aromatic nitrogens is 2. The zero-order valence-corrected chi connectivity index (χ0v) is 17.8. The molecule has 0 radical (unpaired) electrons. The molecule has 6 heteroatoms. The SMILES string of the molecule is C=C(NC(C)(C)C)c1n[nH]c2ccc(-c3cc(N4CCCCC4)cc(F)c3F)cc12. The van der Waals surface area contributed by atoms with Crippen LogP contribution in [0.25, 0.3) is 27.7 Å². The van der Waals surface area contributed by atoms with E-state index in [0.29, 0.717) is 17.0 Å². The second-order valence-corrected chi connectivity index (χ2v) is 9.02. The van der Waals surface area contributed by atoms with Crippen molar-refractivity contribution >= 4 is 22.3 Å². The zero-order valence-electron chi connectivity index (χ0n) is 17.8. The fourth-order valence-corrected chi connectivity index (χ4v) is 4.04. The Morgan fingerprint density at radius 2 is 1.83 bits per heavy atom. The summed E-state index contributed by atoms with van der Waals surface area (Å²) in [5, 5.41) is 11.5. The van der Waals surface area contributed by atoms with Crippen molar-refractivity contribution in [2.45, 2.75) is 45.6 Å². The average molecular weight is 411 g/mol. The Bertz CT molecular complexity index is 1090. The van der Waals surface area contributed by atoms with Crippen LogP contribution in [0.3, 0.4) is 0 Å². The van der Waals surface area contributed by atoms with Gasteiger partial charge in [0.05, 0.1) is 11.2 Å². The summed E-state index contributed by atoms with van der Waals surface area (Å²) in [6.45, 7) is 12.0. The Kier molecular flexibility index (Phi) is 5.26. The summed E-state index contributed by atoms with van der Waals surface area (Å²) >= 11 is 0. The van der Waals surface area contributed by atoms with Gasteiger partial charge >= 0.3 is 0 Å². The number of halogens is 2. The zero-order chi connectivity index (χ0) is 21.5. The Labute approximate surface area is 176 Å². The Hall–Kier alpha value is -2.89. The summed E-state index contributed by atoms with van der Waals surface area (Å²) in [7, 11) is 0. The molecule has 0 unspecified atom stereocenters. The highest BCUT2D eigenvalue weighted by molar-refractivity contribution is 5.93. The molecular weight excluding hydrogens is 382 g/mol. The Morgan fingerprint density at radius 3 is 2.53 bits per heavy atom. The van der Waals surface area contributed by atoms with Gasteiger partial charge in [-0.25, -0.2) is 8.78 Å². The lowest BCUT2D eigenvalue weighted by atomic mass is 10.00. The number of nitrogens with zero attached hydrogens (tertiary/aromatic N) is 2. The largest absolute Gasteiger partial charge is 0.379 e. The number of H-pyrrole nitrogens is 1. The van der Waals surface area contributed by atoms with Crippen molar-refractivity contribution in [1.82, 2.24) is 15.5 Å². The van der Waals surface area contributed by atoms with Gasteiger partial charge in [0.15, 0.2) is 11.6 Å². The summed E-state index contributed by atoms with van der Waals surface area (Å²) in [5.74, 6) is -1.65. The molecule has 30 heavy (non-hydrogen) atoms. The van der Waals surface area contributed by atoms with E-state index in [1.165, 1.54) is 12.5 Å². The topological polar surface area (TPSA) is 44.0 Å². The lowest BCUT2D eigenvalue weighted by Crippen LogP contribution is -2.34. The van der Waals surface area contributed by atoms with Gasteiger partial charge in [0, 0.05) is 41.3 Å². The van der Waals surface area contributed by atoms with E-state index in [1.54, 1.807) is 12.1 Å². The predicted molar refractivity (Wildman–Crippen MR) is 119 cm³/mol. The van der Waals surface area contributed by atoms with Crippen LogP contribution in [-0.4, -0.2) is 28.8 Å². The maximum atomic E-state index is 14.8. The minimum atomic E-state index is -0.827. The third kappa shape index (κ3) is 4.04. The highest BCUT2D eigenvalue weighted by Gasteiger charge is 2.20. The predicted octanol–water partition coefficient (Wildman–Crippen LogP) is 5.86. The molecule has 0 amide bonds. The summed E-state index contributed by atoms with van der Waals surface area (Å²) in [5.41, 5.74) is 3.61. The molecule has 1 aromatic heterocycles. The summed E-state index contributed by atoms with van der Waals surface area (Å²) < 4.78 is 29.3. The molecule has 1 aliphatic rings. The molecule has 0 spiro atoms. The van der Waals surface area contributed by atoms with Crippen LogP contribution in [0.5, 0.6) is 0 Å². The first-order valence-corrected chi connectivity index (χ1v) is 10.4. The Balaban J connectivity index is 1.77. The van der Waals surface area contributed by atoms with E-state index in [2.05, 4.69) is 27.0 Å². The van der Waals surface area contributed by atoms with Crippen molar-refractivity contribution in [2.24, 2.45) is 0 Å². The molecule has 3 aromatic rings. The Morgan fingerprint density at radius 1 is 1.10 bits per heavy atom. The molecule has 2 aromatic carbocycles. The number of hydrogen-bond acceptors (Lipinski definition) is 3. The first-order valence-electron chi connectivity index (χ1n) is 10.4. The lowest BCUT2D eigenvalue weighted by molar-refractivity contribution is 0.501. The number of rotatable bonds is 4. The molecule has 0 bridgehead atoms. The molecule has 158 valence electrons. The van der Waals surface area contributed by atoms with E-state index in [-0.39, 0.29) is 11.1 Å². The summed E-state index contributed by atoms with van der Waals surface area (Å²) in [4.78, 5) is 2.13. The van der Waals surface area contributed by atoms with Crippen LogP contribution in [0.4, 0.5) is 14.5 Å². The van der Waals surface area contributed by atoms with Gasteiger partial charge in [-0.3, -0.25) is 5.10 Å². The van der Waals surface area contributed by atoms with Crippen LogP contribution in [0.2, 0.25) is 0 Å². The molecule has 4 rings (SSSR count). The van der Waals surface area contributed by atoms with Crippen molar-refractivity contribution in [3.8, 4) is 11.1 Å². The van der Waals surface area contributed by atoms with Crippen LogP contribution in [-0.2, 0) is 0 Å². The number of aromatic amines is 1. The maximum absolute atomic E-state index is 14.8. The van der Waals surface area contributed by atoms with Crippen molar-refractivity contribution in [3.05, 3.63) is 54.2 Å². The van der Waals surface area contributed by atoms with Gasteiger partial charge in [-0.05, 0) is 63.8 Å². The van der Waals surface area contributed by atoms with Crippen LogP contribution in [0, 0.1) is 11.6 Å². The standard InChI is InChI=1S/C24H28F2N4/c1-15(27-24(2,3)4)23-19-12-16(8-9-21(19)28-29-23)18-13-17(14-20(25)22(18)26)30-10-6-5-7-11-30/h8-9,12-14,27H,1,5-7,10-11H2,2-4H3,(H,28,29). The molecule has 0 saturated carbocycles. The van der Waals surface area contributed by atoms with Crippen LogP contribution in [0.15, 0.2) is 36.9 Å². The molecule has 0 atom stereocenters. The fourth-order valence-electron chi connectivity index (χ4n) is 4.04. The van der Waals surface area contributed by atoms with Crippen molar-refractivity contribution in [1.29, 1.82) is 0 Å². The van der Waals surface area contributed by atoms with E-state index in [0.717, 1.165) is 42.5 Å². The third-order valence-corrected chi connectivity index (χ3v) is 5.42. The number of nitrogens with one attached hydrogen (secondary N) is 2. The number of piperidine rings is 1. The third-order valence-electron chi connectivity index (χ3n) is 5.42. The van der Waals surface area contributed by atoms with Crippen LogP contribution >= 0.6 is 0 Å². The van der Waals surface area contributed by atoms with Gasteiger partial charge in [-0.1, -0.05) is 12.6 Å². The van der Waals surface area contributed by atoms with Gasteiger partial charge in [0.2, 0.25) is 0 Å². The number of anilines is 1. The average Bonchev–Trinajstić information content (AvgIpc) is 3.12. The van der Waals surface area contributed by atoms with E-state index in [4.69, 9.17) is 0 Å². The van der Waals surface area contributed by atoms with Gasteiger partial charge in [0.1, 0.15) is 5.69 Å². The van der Waals surface area contributed by atoms with Crippen molar-refractivity contribution < 1.29 is 8.78 Å². The maximum Gasteiger partial charge on any atom is 0.166 e. The minimum Gasteiger partial charge on any atom is -0.379 e. The second kappa shape index (κ2) is 7.74. The van der Waals surface area contributed by atoms with E-state index < -0.39 is 11.6 Å². The van der Waals surface area contributed by atoms with E-state index >= 15 is 0 Å². The quantitative estimate of drug-likeness (QED) is 0.566. The second-order valence-electron chi connectivity index (χ2n) is 9.02. The highest BCUT2D eigenvalue weighted by Crippen LogP contribution is 2.34. The highest BCUT2D eigenvalue weighted by atomic mass is 19.2. The van der Waals surface area contributed by atoms with Crippen molar-refractivity contribution in [3.63, 3.8) is 0 Å².